The average molecular weight is 449 g/mol. The summed E-state index contributed by atoms with van der Waals surface area (Å²) in [6, 6.07) is 14.4. The molecule has 0 aromatic heterocycles. The van der Waals surface area contributed by atoms with E-state index >= 15 is 0 Å². The molecule has 2 aliphatic rings. The molecule has 33 heavy (non-hydrogen) atoms. The number of likely N-dealkylation sites (N-methyl/N-ethyl adjacent to an activating group) is 1. The summed E-state index contributed by atoms with van der Waals surface area (Å²) in [5.74, 6) is -1.26. The molecular formula is C25H28N4O4. The van der Waals surface area contributed by atoms with E-state index in [1.54, 1.807) is 12.1 Å². The molecule has 4 rings (SSSR count). The lowest BCUT2D eigenvalue weighted by atomic mass is 9.84. The number of fused-ring (bicyclic) bond motifs is 2. The van der Waals surface area contributed by atoms with Crippen molar-refractivity contribution in [3.63, 3.8) is 0 Å². The highest BCUT2D eigenvalue weighted by Crippen LogP contribution is 2.38. The van der Waals surface area contributed by atoms with Gasteiger partial charge in [0.15, 0.2) is 0 Å². The van der Waals surface area contributed by atoms with Crippen molar-refractivity contribution in [1.29, 1.82) is 0 Å². The van der Waals surface area contributed by atoms with E-state index in [9.17, 15) is 19.2 Å². The summed E-state index contributed by atoms with van der Waals surface area (Å²) in [6.07, 6.45) is 3.06. The van der Waals surface area contributed by atoms with Crippen LogP contribution < -0.4 is 10.6 Å². The Labute approximate surface area is 192 Å². The van der Waals surface area contributed by atoms with Crippen molar-refractivity contribution in [2.75, 3.05) is 25.5 Å². The fourth-order valence-corrected chi connectivity index (χ4v) is 4.51. The van der Waals surface area contributed by atoms with Gasteiger partial charge in [-0.15, -0.1) is 0 Å². The Kier molecular flexibility index (Phi) is 6.18. The molecule has 0 saturated carbocycles. The molecule has 172 valence electrons. The van der Waals surface area contributed by atoms with E-state index in [-0.39, 0.29) is 12.5 Å². The summed E-state index contributed by atoms with van der Waals surface area (Å²) in [7, 11) is 1.48. The second-order valence-electron chi connectivity index (χ2n) is 8.76. The number of carbonyl (C=O) groups excluding carboxylic acids is 4. The number of aryl methyl sites for hydroxylation is 2. The molecule has 1 spiro atoms. The molecule has 2 N–H and O–H groups in total. The maximum Gasteiger partial charge on any atom is 0.325 e. The largest absolute Gasteiger partial charge is 0.335 e. The third kappa shape index (κ3) is 4.46. The number of rotatable bonds is 5. The Morgan fingerprint density at radius 1 is 1.09 bits per heavy atom. The number of imide groups is 1. The van der Waals surface area contributed by atoms with Crippen LogP contribution in [0.25, 0.3) is 0 Å². The molecule has 8 nitrogen and oxygen atoms in total. The predicted molar refractivity (Wildman–Crippen MR) is 123 cm³/mol. The zero-order chi connectivity index (χ0) is 23.6. The number of urea groups is 1. The molecule has 1 aliphatic carbocycles. The maximum atomic E-state index is 13.4. The van der Waals surface area contributed by atoms with Gasteiger partial charge in [0.05, 0.1) is 6.54 Å². The molecule has 0 bridgehead atoms. The van der Waals surface area contributed by atoms with Crippen LogP contribution in [0, 0.1) is 6.92 Å². The van der Waals surface area contributed by atoms with Crippen LogP contribution >= 0.6 is 0 Å². The molecule has 5 amide bonds. The molecular weight excluding hydrogens is 420 g/mol. The molecule has 1 unspecified atom stereocenters. The molecule has 1 fully saturated rings. The van der Waals surface area contributed by atoms with Crippen LogP contribution in [0.1, 0.15) is 36.0 Å². The highest BCUT2D eigenvalue weighted by Gasteiger charge is 2.53. The van der Waals surface area contributed by atoms with E-state index in [2.05, 4.69) is 10.6 Å². The van der Waals surface area contributed by atoms with Gasteiger partial charge in [-0.1, -0.05) is 42.0 Å². The average Bonchev–Trinajstić information content (AvgIpc) is 2.92. The Balaban J connectivity index is 1.43. The van der Waals surface area contributed by atoms with Crippen LogP contribution in [-0.4, -0.2) is 53.7 Å². The van der Waals surface area contributed by atoms with Gasteiger partial charge < -0.3 is 15.5 Å². The molecule has 2 aromatic rings. The first kappa shape index (κ1) is 22.5. The normalized spacial score (nSPS) is 19.6. The number of hydrogen-bond donors (Lipinski definition) is 2. The number of amides is 5. The van der Waals surface area contributed by atoms with E-state index in [1.807, 2.05) is 43.3 Å². The number of anilines is 1. The van der Waals surface area contributed by atoms with Crippen molar-refractivity contribution >= 4 is 29.4 Å². The molecule has 2 aromatic carbocycles. The van der Waals surface area contributed by atoms with Crippen LogP contribution in [0.3, 0.4) is 0 Å². The second-order valence-corrected chi connectivity index (χ2v) is 8.76. The summed E-state index contributed by atoms with van der Waals surface area (Å²) < 4.78 is 0. The highest BCUT2D eigenvalue weighted by atomic mass is 16.2. The van der Waals surface area contributed by atoms with Crippen LogP contribution in [0.4, 0.5) is 10.5 Å². The van der Waals surface area contributed by atoms with Crippen molar-refractivity contribution in [2.24, 2.45) is 0 Å². The first-order valence-corrected chi connectivity index (χ1v) is 11.1. The quantitative estimate of drug-likeness (QED) is 0.687. The molecule has 1 saturated heterocycles. The van der Waals surface area contributed by atoms with Crippen molar-refractivity contribution < 1.29 is 19.2 Å². The molecule has 1 heterocycles. The standard InChI is InChI=1S/C25H28N4O4/c1-17-10-12-19(13-11-17)26-21(30)15-28(2)22(31)16-29-23(32)25(27-24(29)33)14-6-5-8-18-7-3-4-9-20(18)25/h3-4,7,9-13H,5-6,8,14-16H2,1-2H3,(H,26,30)(H,27,33). The Morgan fingerprint density at radius 2 is 1.82 bits per heavy atom. The lowest BCUT2D eigenvalue weighted by molar-refractivity contribution is -0.139. The summed E-state index contributed by atoms with van der Waals surface area (Å²) in [6.45, 7) is 1.35. The molecule has 8 heteroatoms. The minimum absolute atomic E-state index is 0.190. The Morgan fingerprint density at radius 3 is 2.58 bits per heavy atom. The van der Waals surface area contributed by atoms with Crippen LogP contribution in [0.15, 0.2) is 48.5 Å². The number of benzene rings is 2. The van der Waals surface area contributed by atoms with Crippen LogP contribution in [0.5, 0.6) is 0 Å². The summed E-state index contributed by atoms with van der Waals surface area (Å²) >= 11 is 0. The van der Waals surface area contributed by atoms with Gasteiger partial charge in [0, 0.05) is 12.7 Å². The van der Waals surface area contributed by atoms with Crippen LogP contribution in [-0.2, 0) is 26.3 Å². The summed E-state index contributed by atoms with van der Waals surface area (Å²) in [4.78, 5) is 53.5. The highest BCUT2D eigenvalue weighted by molar-refractivity contribution is 6.09. The minimum Gasteiger partial charge on any atom is -0.335 e. The van der Waals surface area contributed by atoms with E-state index in [1.165, 1.54) is 11.9 Å². The fraction of sp³-hybridized carbons (Fsp3) is 0.360. The Bertz CT molecular complexity index is 1100. The van der Waals surface area contributed by atoms with Gasteiger partial charge in [-0.3, -0.25) is 19.3 Å². The first-order chi connectivity index (χ1) is 15.8. The smallest absolute Gasteiger partial charge is 0.325 e. The van der Waals surface area contributed by atoms with Gasteiger partial charge in [-0.2, -0.15) is 0 Å². The van der Waals surface area contributed by atoms with Gasteiger partial charge in [0.1, 0.15) is 12.1 Å². The zero-order valence-corrected chi connectivity index (χ0v) is 18.9. The molecule has 1 aliphatic heterocycles. The van der Waals surface area contributed by atoms with E-state index in [0.29, 0.717) is 12.1 Å². The number of nitrogens with zero attached hydrogens (tertiary/aromatic N) is 2. The maximum absolute atomic E-state index is 13.4. The van der Waals surface area contributed by atoms with Crippen molar-refractivity contribution in [1.82, 2.24) is 15.1 Å². The minimum atomic E-state index is -1.13. The zero-order valence-electron chi connectivity index (χ0n) is 18.9. The SMILES string of the molecule is Cc1ccc(NC(=O)CN(C)C(=O)CN2C(=O)NC3(CCCCc4ccccc43)C2=O)cc1. The first-order valence-electron chi connectivity index (χ1n) is 11.1. The van der Waals surface area contributed by atoms with Crippen molar-refractivity contribution in [3.05, 3.63) is 65.2 Å². The third-order valence-corrected chi connectivity index (χ3v) is 6.34. The fourth-order valence-electron chi connectivity index (χ4n) is 4.51. The van der Waals surface area contributed by atoms with E-state index in [4.69, 9.17) is 0 Å². The summed E-state index contributed by atoms with van der Waals surface area (Å²) in [5, 5.41) is 5.61. The Hall–Kier alpha value is -3.68. The lowest BCUT2D eigenvalue weighted by Crippen LogP contribution is -2.46. The third-order valence-electron chi connectivity index (χ3n) is 6.34. The van der Waals surface area contributed by atoms with E-state index in [0.717, 1.165) is 40.9 Å². The van der Waals surface area contributed by atoms with Crippen molar-refractivity contribution in [2.45, 2.75) is 38.1 Å². The number of carbonyl (C=O) groups is 4. The van der Waals surface area contributed by atoms with Gasteiger partial charge >= 0.3 is 6.03 Å². The van der Waals surface area contributed by atoms with Gasteiger partial charge in [-0.05, 0) is 55.9 Å². The summed E-state index contributed by atoms with van der Waals surface area (Å²) in [5.41, 5.74) is 2.42. The lowest BCUT2D eigenvalue weighted by Gasteiger charge is -2.27. The monoisotopic (exact) mass is 448 g/mol. The van der Waals surface area contributed by atoms with Gasteiger partial charge in [-0.25, -0.2) is 4.79 Å². The topological polar surface area (TPSA) is 98.8 Å². The predicted octanol–water partition coefficient (Wildman–Crippen LogP) is 2.57. The van der Waals surface area contributed by atoms with Gasteiger partial charge in [0.25, 0.3) is 5.91 Å². The molecule has 1 atom stereocenters. The number of hydrogen-bond acceptors (Lipinski definition) is 4. The molecule has 0 radical (unpaired) electrons. The second kappa shape index (κ2) is 9.05. The van der Waals surface area contributed by atoms with E-state index < -0.39 is 29.9 Å². The van der Waals surface area contributed by atoms with Crippen molar-refractivity contribution in [3.8, 4) is 0 Å². The van der Waals surface area contributed by atoms with Gasteiger partial charge in [0.2, 0.25) is 11.8 Å². The number of nitrogens with one attached hydrogen (secondary N) is 2. The van der Waals surface area contributed by atoms with Crippen LogP contribution in [0.2, 0.25) is 0 Å².